The van der Waals surface area contributed by atoms with E-state index >= 15 is 0 Å². The van der Waals surface area contributed by atoms with Crippen molar-refractivity contribution in [1.29, 1.82) is 0 Å². The highest BCUT2D eigenvalue weighted by Crippen LogP contribution is 2.33. The van der Waals surface area contributed by atoms with Crippen LogP contribution in [0.2, 0.25) is 0 Å². The fourth-order valence-electron chi connectivity index (χ4n) is 3.74. The summed E-state index contributed by atoms with van der Waals surface area (Å²) in [5.74, 6) is 1.36. The zero-order valence-electron chi connectivity index (χ0n) is 13.2. The van der Waals surface area contributed by atoms with E-state index in [1.165, 1.54) is 25.7 Å². The molecule has 0 unspecified atom stereocenters. The van der Waals surface area contributed by atoms with E-state index in [1.807, 2.05) is 11.8 Å². The largest absolute Gasteiger partial charge is 0.343 e. The second kappa shape index (κ2) is 7.57. The van der Waals surface area contributed by atoms with Crippen molar-refractivity contribution in [3.63, 3.8) is 0 Å². The van der Waals surface area contributed by atoms with E-state index in [0.29, 0.717) is 29.7 Å². The summed E-state index contributed by atoms with van der Waals surface area (Å²) in [6.45, 7) is 1.91. The molecule has 22 heavy (non-hydrogen) atoms. The molecule has 0 bridgehead atoms. The molecule has 0 aromatic carbocycles. The molecule has 0 spiro atoms. The van der Waals surface area contributed by atoms with Crippen molar-refractivity contribution >= 4 is 23.7 Å². The van der Waals surface area contributed by atoms with Crippen molar-refractivity contribution in [3.05, 3.63) is 0 Å². The second-order valence-corrected chi connectivity index (χ2v) is 7.93. The van der Waals surface area contributed by atoms with E-state index in [2.05, 4.69) is 15.5 Å². The van der Waals surface area contributed by atoms with Gasteiger partial charge in [0.25, 0.3) is 0 Å². The number of likely N-dealkylation sites (tertiary alicyclic amines) is 1. The summed E-state index contributed by atoms with van der Waals surface area (Å²) in [6.07, 6.45) is 8.72. The summed E-state index contributed by atoms with van der Waals surface area (Å²) in [4.78, 5) is 25.6. The maximum absolute atomic E-state index is 12.2. The van der Waals surface area contributed by atoms with E-state index in [9.17, 15) is 9.59 Å². The Labute approximate surface area is 137 Å². The van der Waals surface area contributed by atoms with Gasteiger partial charge in [-0.1, -0.05) is 19.3 Å². The summed E-state index contributed by atoms with van der Waals surface area (Å²) in [5, 5.41) is 6.51. The lowest BCUT2D eigenvalue weighted by molar-refractivity contribution is -0.131. The summed E-state index contributed by atoms with van der Waals surface area (Å²) in [5.41, 5.74) is 0. The van der Waals surface area contributed by atoms with Gasteiger partial charge in [-0.2, -0.15) is 11.8 Å². The van der Waals surface area contributed by atoms with Crippen LogP contribution in [0.4, 0.5) is 4.79 Å². The molecule has 0 aliphatic carbocycles. The van der Waals surface area contributed by atoms with Gasteiger partial charge in [0, 0.05) is 30.5 Å². The molecule has 5 nitrogen and oxygen atoms in total. The van der Waals surface area contributed by atoms with Crippen LogP contribution < -0.4 is 10.6 Å². The number of nitrogens with zero attached hydrogens (tertiary/aromatic N) is 1. The highest BCUT2D eigenvalue weighted by molar-refractivity contribution is 8.00. The summed E-state index contributed by atoms with van der Waals surface area (Å²) in [6, 6.07) is 0.580. The van der Waals surface area contributed by atoms with Crippen LogP contribution in [-0.2, 0) is 4.79 Å². The normalized spacial score (nSPS) is 31.4. The molecule has 3 heterocycles. The van der Waals surface area contributed by atoms with Crippen molar-refractivity contribution in [1.82, 2.24) is 15.5 Å². The highest BCUT2D eigenvalue weighted by Gasteiger charge is 2.42. The molecule has 3 rings (SSSR count). The topological polar surface area (TPSA) is 61.4 Å². The summed E-state index contributed by atoms with van der Waals surface area (Å²) < 4.78 is 0. The fraction of sp³-hybridized carbons (Fsp3) is 0.875. The molecule has 3 amide bonds. The third-order valence-electron chi connectivity index (χ3n) is 5.03. The smallest absolute Gasteiger partial charge is 0.315 e. The monoisotopic (exact) mass is 325 g/mol. The van der Waals surface area contributed by atoms with Crippen LogP contribution in [0, 0.1) is 0 Å². The van der Waals surface area contributed by atoms with Crippen molar-refractivity contribution in [3.8, 4) is 0 Å². The van der Waals surface area contributed by atoms with Gasteiger partial charge < -0.3 is 15.5 Å². The summed E-state index contributed by atoms with van der Waals surface area (Å²) in [7, 11) is 0. The molecule has 3 fully saturated rings. The first-order valence-corrected chi connectivity index (χ1v) is 9.75. The van der Waals surface area contributed by atoms with Crippen LogP contribution in [0.15, 0.2) is 0 Å². The predicted octanol–water partition coefficient (Wildman–Crippen LogP) is 2.11. The quantitative estimate of drug-likeness (QED) is 0.601. The maximum Gasteiger partial charge on any atom is 0.315 e. The molecule has 0 aromatic rings. The first-order valence-electron chi connectivity index (χ1n) is 8.70. The van der Waals surface area contributed by atoms with Gasteiger partial charge in [0.1, 0.15) is 0 Å². The first-order chi connectivity index (χ1) is 10.7. The number of amides is 3. The zero-order valence-corrected chi connectivity index (χ0v) is 14.0. The van der Waals surface area contributed by atoms with E-state index in [0.717, 1.165) is 38.1 Å². The minimum Gasteiger partial charge on any atom is -0.343 e. The molecule has 124 valence electrons. The first kappa shape index (κ1) is 16.0. The molecular formula is C16H27N3O2S. The molecule has 0 radical (unpaired) electrons. The number of nitrogens with one attached hydrogen (secondary N) is 2. The van der Waals surface area contributed by atoms with Crippen LogP contribution >= 0.6 is 11.8 Å². The number of fused-ring (bicyclic) bond motifs is 1. The van der Waals surface area contributed by atoms with Crippen LogP contribution in [-0.4, -0.2) is 53.0 Å². The summed E-state index contributed by atoms with van der Waals surface area (Å²) >= 11 is 1.95. The van der Waals surface area contributed by atoms with E-state index in [4.69, 9.17) is 0 Å². The zero-order chi connectivity index (χ0) is 15.4. The van der Waals surface area contributed by atoms with Gasteiger partial charge in [0.15, 0.2) is 0 Å². The lowest BCUT2D eigenvalue weighted by Crippen LogP contribution is -2.36. The van der Waals surface area contributed by atoms with Crippen LogP contribution in [0.1, 0.15) is 51.4 Å². The van der Waals surface area contributed by atoms with Gasteiger partial charge in [0.05, 0.1) is 12.1 Å². The van der Waals surface area contributed by atoms with E-state index < -0.39 is 0 Å². The van der Waals surface area contributed by atoms with Crippen LogP contribution in [0.5, 0.6) is 0 Å². The van der Waals surface area contributed by atoms with Crippen molar-refractivity contribution < 1.29 is 9.59 Å². The molecule has 6 heteroatoms. The third-order valence-corrected chi connectivity index (χ3v) is 6.53. The number of unbranched alkanes of at least 4 members (excludes halogenated alkanes) is 1. The Balaban J connectivity index is 1.33. The lowest BCUT2D eigenvalue weighted by atomic mass is 10.0. The number of rotatable bonds is 5. The number of carbonyl (C=O) groups excluding carboxylic acids is 2. The average molecular weight is 325 g/mol. The number of carbonyl (C=O) groups is 2. The molecule has 3 aliphatic rings. The molecule has 3 atom stereocenters. The predicted molar refractivity (Wildman–Crippen MR) is 89.0 cm³/mol. The minimum atomic E-state index is -0.0170. The Hall–Kier alpha value is -0.910. The Kier molecular flexibility index (Phi) is 5.50. The van der Waals surface area contributed by atoms with Crippen molar-refractivity contribution in [2.45, 2.75) is 68.7 Å². The molecular weight excluding hydrogens is 298 g/mol. The standard InChI is InChI=1S/C16H27N3O2S/c20-14(19-9-5-1-2-6-10-19)8-4-3-7-13-15-12(11-22-13)17-16(21)18-15/h12-13,15H,1-11H2,(H2,17,18,21)/t12-,13-,15-/m0/s1. The third kappa shape index (κ3) is 3.89. The van der Waals surface area contributed by atoms with Crippen LogP contribution in [0.3, 0.4) is 0 Å². The number of thioether (sulfide) groups is 1. The minimum absolute atomic E-state index is 0.0170. The van der Waals surface area contributed by atoms with E-state index in [1.54, 1.807) is 0 Å². The van der Waals surface area contributed by atoms with Crippen molar-refractivity contribution in [2.24, 2.45) is 0 Å². The van der Waals surface area contributed by atoms with Gasteiger partial charge in [-0.3, -0.25) is 4.79 Å². The highest BCUT2D eigenvalue weighted by atomic mass is 32.2. The molecule has 2 N–H and O–H groups in total. The average Bonchev–Trinajstić information content (AvgIpc) is 2.92. The van der Waals surface area contributed by atoms with Crippen molar-refractivity contribution in [2.75, 3.05) is 18.8 Å². The van der Waals surface area contributed by atoms with Gasteiger partial charge in [-0.25, -0.2) is 4.79 Å². The van der Waals surface area contributed by atoms with Crippen LogP contribution in [0.25, 0.3) is 0 Å². The van der Waals surface area contributed by atoms with Gasteiger partial charge in [0.2, 0.25) is 5.91 Å². The van der Waals surface area contributed by atoms with Gasteiger partial charge in [-0.15, -0.1) is 0 Å². The Morgan fingerprint density at radius 1 is 1.14 bits per heavy atom. The fourth-order valence-corrected chi connectivity index (χ4v) is 5.29. The molecule has 3 saturated heterocycles. The lowest BCUT2D eigenvalue weighted by Gasteiger charge is -2.20. The Bertz CT molecular complexity index is 410. The molecule has 0 aromatic heterocycles. The Morgan fingerprint density at radius 3 is 2.68 bits per heavy atom. The SMILES string of the molecule is O=C1N[C@H]2[C@H](CS[C@H]2CCCCC(=O)N2CCCCCC2)N1. The maximum atomic E-state index is 12.2. The second-order valence-electron chi connectivity index (χ2n) is 6.66. The number of urea groups is 1. The van der Waals surface area contributed by atoms with E-state index in [-0.39, 0.29) is 6.03 Å². The molecule has 0 saturated carbocycles. The Morgan fingerprint density at radius 2 is 1.91 bits per heavy atom. The molecule has 3 aliphatic heterocycles. The number of hydrogen-bond acceptors (Lipinski definition) is 3. The van der Waals surface area contributed by atoms with Gasteiger partial charge >= 0.3 is 6.03 Å². The van der Waals surface area contributed by atoms with Gasteiger partial charge in [-0.05, 0) is 25.7 Å². The number of hydrogen-bond donors (Lipinski definition) is 2.